The molecule has 0 aliphatic carbocycles. The second-order valence-corrected chi connectivity index (χ2v) is 5.48. The van der Waals surface area contributed by atoms with Crippen LogP contribution in [0.5, 0.6) is 5.75 Å². The van der Waals surface area contributed by atoms with E-state index >= 15 is 0 Å². The molecule has 0 heterocycles. The molecule has 0 amide bonds. The highest BCUT2D eigenvalue weighted by molar-refractivity contribution is 7.93. The van der Waals surface area contributed by atoms with Gasteiger partial charge in [0.15, 0.2) is 5.75 Å². The molecular weight excluding hydrogens is 264 g/mol. The summed E-state index contributed by atoms with van der Waals surface area (Å²) in [5.41, 5.74) is 0.770. The first-order valence-electron chi connectivity index (χ1n) is 4.83. The van der Waals surface area contributed by atoms with Crippen molar-refractivity contribution in [3.05, 3.63) is 23.8 Å². The van der Waals surface area contributed by atoms with Crippen molar-refractivity contribution >= 4 is 22.2 Å². The van der Waals surface area contributed by atoms with E-state index in [0.717, 1.165) is 17.6 Å². The lowest BCUT2D eigenvalue weighted by Gasteiger charge is -2.14. The van der Waals surface area contributed by atoms with Crippen LogP contribution < -0.4 is 4.89 Å². The number of benzene rings is 1. The Bertz CT molecular complexity index is 481. The zero-order valence-electron chi connectivity index (χ0n) is 9.67. The van der Waals surface area contributed by atoms with Crippen LogP contribution in [0.1, 0.15) is 25.3 Å². The monoisotopic (exact) mass is 277 g/mol. The lowest BCUT2D eigenvalue weighted by molar-refractivity contribution is -0.0783. The fourth-order valence-electron chi connectivity index (χ4n) is 1.29. The molecule has 0 aliphatic heterocycles. The summed E-state index contributed by atoms with van der Waals surface area (Å²) in [7, 11) is -4.49. The molecule has 0 saturated carbocycles. The molecule has 0 atom stereocenters. The molecule has 5 nitrogen and oxygen atoms in total. The predicted octanol–water partition coefficient (Wildman–Crippen LogP) is 2.30. The van der Waals surface area contributed by atoms with Crippen LogP contribution in [-0.4, -0.2) is 19.2 Å². The van der Waals surface area contributed by atoms with Gasteiger partial charge in [-0.05, 0) is 12.0 Å². The zero-order chi connectivity index (χ0) is 13.1. The molecule has 1 rings (SSSR count). The van der Waals surface area contributed by atoms with E-state index in [4.69, 9.17) is 9.22 Å². The van der Waals surface area contributed by atoms with E-state index in [2.05, 4.69) is 0 Å². The third kappa shape index (κ3) is 3.88. The van der Waals surface area contributed by atoms with E-state index in [9.17, 15) is 13.0 Å². The Morgan fingerprint density at radius 1 is 1.35 bits per heavy atom. The van der Waals surface area contributed by atoms with Gasteiger partial charge in [0.05, 0.1) is 4.90 Å². The Labute approximate surface area is 105 Å². The summed E-state index contributed by atoms with van der Waals surface area (Å²) in [4.78, 5) is 4.61. The smallest absolute Gasteiger partial charge is 0.171 e. The minimum Gasteiger partial charge on any atom is -0.744 e. The van der Waals surface area contributed by atoms with E-state index in [-0.39, 0.29) is 16.6 Å². The van der Waals surface area contributed by atoms with Crippen LogP contribution in [0.3, 0.4) is 0 Å². The van der Waals surface area contributed by atoms with Crippen molar-refractivity contribution in [3.8, 4) is 5.75 Å². The summed E-state index contributed by atoms with van der Waals surface area (Å²) in [6.07, 6.45) is 1.66. The van der Waals surface area contributed by atoms with Gasteiger partial charge in [-0.3, -0.25) is 0 Å². The fourth-order valence-corrected chi connectivity index (χ4v) is 1.92. The third-order valence-corrected chi connectivity index (χ3v) is 3.12. The molecule has 0 aliphatic rings. The fraction of sp³-hybridized carbons (Fsp3) is 0.400. The van der Waals surface area contributed by atoms with Crippen molar-refractivity contribution < 1.29 is 22.2 Å². The molecule has 0 bridgehead atoms. The molecular formula is C10H13O5S2-. The van der Waals surface area contributed by atoms with E-state index in [1.807, 2.05) is 13.8 Å². The van der Waals surface area contributed by atoms with Crippen molar-refractivity contribution in [1.29, 1.82) is 0 Å². The maximum atomic E-state index is 10.9. The summed E-state index contributed by atoms with van der Waals surface area (Å²) < 4.78 is 37.3. The molecule has 0 spiro atoms. The SMILES string of the molecule is CSOOc1cc(S(=O)(=O)[O-])ccc1C(C)C. The second-order valence-electron chi connectivity index (χ2n) is 3.63. The molecule has 0 N–H and O–H groups in total. The van der Waals surface area contributed by atoms with Gasteiger partial charge in [-0.15, -0.1) is 4.33 Å². The Morgan fingerprint density at radius 3 is 2.47 bits per heavy atom. The van der Waals surface area contributed by atoms with Crippen LogP contribution in [0.25, 0.3) is 0 Å². The van der Waals surface area contributed by atoms with Gasteiger partial charge in [-0.25, -0.2) is 8.42 Å². The molecule has 0 fully saturated rings. The van der Waals surface area contributed by atoms with Crippen molar-refractivity contribution in [1.82, 2.24) is 0 Å². The third-order valence-electron chi connectivity index (χ3n) is 2.09. The first kappa shape index (κ1) is 14.3. The molecule has 17 heavy (non-hydrogen) atoms. The van der Waals surface area contributed by atoms with Crippen molar-refractivity contribution in [2.75, 3.05) is 6.26 Å². The highest BCUT2D eigenvalue weighted by Crippen LogP contribution is 2.29. The standard InChI is InChI=1S/C10H14O5S2/c1-7(2)9-5-4-8(17(11,12)13)6-10(9)14-15-16-3/h4-7H,1-3H3,(H,11,12,13)/p-1. The Morgan fingerprint density at radius 2 is 2.00 bits per heavy atom. The van der Waals surface area contributed by atoms with Gasteiger partial charge in [0.25, 0.3) is 0 Å². The van der Waals surface area contributed by atoms with Gasteiger partial charge in [0.2, 0.25) is 0 Å². The number of hydrogen-bond donors (Lipinski definition) is 0. The topological polar surface area (TPSA) is 75.7 Å². The van der Waals surface area contributed by atoms with E-state index < -0.39 is 10.1 Å². The second kappa shape index (κ2) is 5.72. The normalized spacial score (nSPS) is 11.8. The number of hydrogen-bond acceptors (Lipinski definition) is 6. The molecule has 0 saturated heterocycles. The summed E-state index contributed by atoms with van der Waals surface area (Å²) in [6, 6.07) is 3.99. The minimum absolute atomic E-state index is 0.124. The first-order valence-corrected chi connectivity index (χ1v) is 7.39. The molecule has 96 valence electrons. The Kier molecular flexibility index (Phi) is 4.81. The maximum Gasteiger partial charge on any atom is 0.171 e. The first-order chi connectivity index (χ1) is 7.86. The van der Waals surface area contributed by atoms with Gasteiger partial charge >= 0.3 is 0 Å². The highest BCUT2D eigenvalue weighted by Gasteiger charge is 2.12. The zero-order valence-corrected chi connectivity index (χ0v) is 11.3. The Hall–Kier alpha value is -0.760. The molecule has 1 aromatic rings. The van der Waals surface area contributed by atoms with Crippen LogP contribution in [0.2, 0.25) is 0 Å². The summed E-state index contributed by atoms with van der Waals surface area (Å²) in [6.45, 7) is 3.85. The Balaban J connectivity index is 3.19. The molecule has 0 aromatic heterocycles. The lowest BCUT2D eigenvalue weighted by Crippen LogP contribution is -2.02. The van der Waals surface area contributed by atoms with Crippen molar-refractivity contribution in [3.63, 3.8) is 0 Å². The average Bonchev–Trinajstić information content (AvgIpc) is 2.24. The minimum atomic E-state index is -4.49. The van der Waals surface area contributed by atoms with Gasteiger partial charge in [-0.1, -0.05) is 19.9 Å². The summed E-state index contributed by atoms with van der Waals surface area (Å²) in [5, 5.41) is 0. The van der Waals surface area contributed by atoms with Crippen LogP contribution in [0, 0.1) is 0 Å². The molecule has 7 heteroatoms. The van der Waals surface area contributed by atoms with Crippen LogP contribution in [0.4, 0.5) is 0 Å². The molecule has 0 unspecified atom stereocenters. The largest absolute Gasteiger partial charge is 0.744 e. The number of rotatable bonds is 5. The maximum absolute atomic E-state index is 10.9. The summed E-state index contributed by atoms with van der Waals surface area (Å²) in [5.74, 6) is 0.366. The van der Waals surface area contributed by atoms with E-state index in [1.165, 1.54) is 12.1 Å². The van der Waals surface area contributed by atoms with Gasteiger partial charge in [0, 0.05) is 29.9 Å². The van der Waals surface area contributed by atoms with Crippen LogP contribution >= 0.6 is 12.0 Å². The van der Waals surface area contributed by atoms with Crippen LogP contribution in [-0.2, 0) is 14.5 Å². The molecule has 1 aromatic carbocycles. The lowest BCUT2D eigenvalue weighted by atomic mass is 10.0. The predicted molar refractivity (Wildman–Crippen MR) is 63.7 cm³/mol. The quantitative estimate of drug-likeness (QED) is 0.356. The van der Waals surface area contributed by atoms with Crippen molar-refractivity contribution in [2.45, 2.75) is 24.7 Å². The van der Waals surface area contributed by atoms with E-state index in [1.54, 1.807) is 12.3 Å². The van der Waals surface area contributed by atoms with Gasteiger partial charge in [-0.2, -0.15) is 0 Å². The highest BCUT2D eigenvalue weighted by atomic mass is 32.2. The summed E-state index contributed by atoms with van der Waals surface area (Å²) >= 11 is 0.980. The van der Waals surface area contributed by atoms with E-state index in [0.29, 0.717) is 0 Å². The van der Waals surface area contributed by atoms with Crippen molar-refractivity contribution in [2.24, 2.45) is 0 Å². The molecule has 0 radical (unpaired) electrons. The van der Waals surface area contributed by atoms with Gasteiger partial charge in [0.1, 0.15) is 10.1 Å². The average molecular weight is 277 g/mol. The van der Waals surface area contributed by atoms with Gasteiger partial charge < -0.3 is 9.44 Å². The van der Waals surface area contributed by atoms with Crippen LogP contribution in [0.15, 0.2) is 23.1 Å².